The molecular weight excluding hydrogens is 510 g/mol. The molecule has 5 heterocycles. The van der Waals surface area contributed by atoms with E-state index in [1.807, 2.05) is 36.5 Å². The van der Waals surface area contributed by atoms with Gasteiger partial charge in [-0.05, 0) is 86.1 Å². The number of piperidine rings is 1. The third-order valence-corrected chi connectivity index (χ3v) is 9.81. The van der Waals surface area contributed by atoms with Crippen molar-refractivity contribution in [1.29, 1.82) is 0 Å². The Morgan fingerprint density at radius 2 is 1.78 bits per heavy atom. The highest BCUT2D eigenvalue weighted by Crippen LogP contribution is 2.47. The van der Waals surface area contributed by atoms with E-state index in [1.165, 1.54) is 58.0 Å². The molecule has 7 heteroatoms. The molecule has 1 saturated carbocycles. The van der Waals surface area contributed by atoms with E-state index in [-0.39, 0.29) is 11.2 Å². The molecule has 0 amide bonds. The van der Waals surface area contributed by atoms with E-state index < -0.39 is 0 Å². The number of hydrogen-bond acceptors (Lipinski definition) is 7. The predicted molar refractivity (Wildman–Crippen MR) is 164 cm³/mol. The molecule has 8 rings (SSSR count). The number of anilines is 1. The summed E-state index contributed by atoms with van der Waals surface area (Å²) in [6, 6.07) is 17.1. The molecule has 212 valence electrons. The number of aromatic nitrogens is 2. The molecule has 3 aliphatic heterocycles. The minimum Gasteiger partial charge on any atom is -0.508 e. The number of aromatic hydroxyl groups is 1. The molecule has 3 saturated heterocycles. The van der Waals surface area contributed by atoms with Crippen LogP contribution in [0, 0.1) is 5.41 Å². The van der Waals surface area contributed by atoms with Crippen LogP contribution in [0.4, 0.5) is 5.69 Å². The summed E-state index contributed by atoms with van der Waals surface area (Å²) in [5, 5.41) is 16.4. The van der Waals surface area contributed by atoms with Crippen molar-refractivity contribution in [3.63, 3.8) is 0 Å². The van der Waals surface area contributed by atoms with E-state index in [0.29, 0.717) is 18.0 Å². The van der Waals surface area contributed by atoms with Gasteiger partial charge in [-0.1, -0.05) is 30.7 Å². The van der Waals surface area contributed by atoms with Gasteiger partial charge in [-0.15, -0.1) is 0 Å². The number of likely N-dealkylation sites (tertiary alicyclic amines) is 1. The first kappa shape index (κ1) is 25.3. The molecule has 0 radical (unpaired) electrons. The lowest BCUT2D eigenvalue weighted by atomic mass is 9.98. The molecule has 4 aliphatic rings. The fourth-order valence-electron chi connectivity index (χ4n) is 7.41. The molecule has 0 spiro atoms. The monoisotopic (exact) mass is 549 g/mol. The highest BCUT2D eigenvalue weighted by Gasteiger charge is 2.45. The van der Waals surface area contributed by atoms with Gasteiger partial charge in [0.2, 0.25) is 5.88 Å². The topological polar surface area (TPSA) is 73.8 Å². The van der Waals surface area contributed by atoms with E-state index in [9.17, 15) is 5.11 Å². The van der Waals surface area contributed by atoms with Gasteiger partial charge in [0.15, 0.2) is 0 Å². The van der Waals surface area contributed by atoms with E-state index in [4.69, 9.17) is 14.7 Å². The average Bonchev–Trinajstić information content (AvgIpc) is 3.68. The molecule has 2 N–H and O–H groups in total. The number of nitrogens with zero attached hydrogens (tertiary/aromatic N) is 4. The lowest BCUT2D eigenvalue weighted by molar-refractivity contribution is 0.141. The zero-order valence-electron chi connectivity index (χ0n) is 23.7. The summed E-state index contributed by atoms with van der Waals surface area (Å²) in [5.41, 5.74) is 5.06. The van der Waals surface area contributed by atoms with Crippen molar-refractivity contribution in [2.75, 3.05) is 44.2 Å². The Morgan fingerprint density at radius 3 is 2.59 bits per heavy atom. The molecule has 41 heavy (non-hydrogen) atoms. The minimum atomic E-state index is 0.254. The fourth-order valence-corrected chi connectivity index (χ4v) is 7.41. The van der Waals surface area contributed by atoms with Crippen LogP contribution < -0.4 is 15.0 Å². The second kappa shape index (κ2) is 10.1. The van der Waals surface area contributed by atoms with Crippen LogP contribution in [-0.2, 0) is 0 Å². The second-order valence-corrected chi connectivity index (χ2v) is 13.0. The molecular formula is C34H39N5O2. The molecule has 2 aromatic carbocycles. The second-order valence-electron chi connectivity index (χ2n) is 13.0. The van der Waals surface area contributed by atoms with E-state index in [2.05, 4.69) is 33.3 Å². The maximum atomic E-state index is 10.5. The van der Waals surface area contributed by atoms with Crippen molar-refractivity contribution in [3.8, 4) is 22.8 Å². The number of phenolic OH excluding ortho intramolecular Hbond substituents is 1. The van der Waals surface area contributed by atoms with Crippen LogP contribution >= 0.6 is 0 Å². The standard InChI is InChI=1S/C34H39N5O2/c40-27-14-23-6-2-3-7-28(23)29(16-27)24-15-30-33(35-18-24)31(39-19-25-8-9-26(20-39)36-25)17-32(37-30)41-22-34(10-11-34)21-38-12-4-1-5-13-38/h2-3,6-7,14-18,25-26,36,40H,1,4-5,8-13,19-22H2/t25-,26?/m0/s1. The summed E-state index contributed by atoms with van der Waals surface area (Å²) in [6.07, 6.45) is 10.9. The van der Waals surface area contributed by atoms with Gasteiger partial charge < -0.3 is 25.0 Å². The Morgan fingerprint density at radius 1 is 0.976 bits per heavy atom. The van der Waals surface area contributed by atoms with Crippen molar-refractivity contribution in [3.05, 3.63) is 54.7 Å². The van der Waals surface area contributed by atoms with E-state index >= 15 is 0 Å². The Bertz CT molecular complexity index is 1580. The maximum absolute atomic E-state index is 10.5. The zero-order valence-corrected chi connectivity index (χ0v) is 23.7. The van der Waals surface area contributed by atoms with Gasteiger partial charge in [0.1, 0.15) is 11.3 Å². The number of ether oxygens (including phenoxy) is 1. The van der Waals surface area contributed by atoms with Crippen molar-refractivity contribution in [2.45, 2.75) is 57.0 Å². The minimum absolute atomic E-state index is 0.254. The Labute approximate surface area is 241 Å². The number of benzene rings is 2. The highest BCUT2D eigenvalue weighted by atomic mass is 16.5. The van der Waals surface area contributed by atoms with Crippen LogP contribution in [-0.4, -0.2) is 71.4 Å². The molecule has 2 atom stereocenters. The first-order valence-electron chi connectivity index (χ1n) is 15.5. The lowest BCUT2D eigenvalue weighted by Crippen LogP contribution is -2.51. The first-order valence-corrected chi connectivity index (χ1v) is 15.5. The predicted octanol–water partition coefficient (Wildman–Crippen LogP) is 5.74. The van der Waals surface area contributed by atoms with Gasteiger partial charge >= 0.3 is 0 Å². The van der Waals surface area contributed by atoms with Crippen molar-refractivity contribution in [1.82, 2.24) is 20.2 Å². The summed E-state index contributed by atoms with van der Waals surface area (Å²) < 4.78 is 6.57. The van der Waals surface area contributed by atoms with Crippen LogP contribution in [0.2, 0.25) is 0 Å². The van der Waals surface area contributed by atoms with Gasteiger partial charge in [-0.2, -0.15) is 0 Å². The number of nitrogens with one attached hydrogen (secondary N) is 1. The van der Waals surface area contributed by atoms with Crippen LogP contribution in [0.15, 0.2) is 54.7 Å². The van der Waals surface area contributed by atoms with E-state index in [0.717, 1.165) is 64.9 Å². The van der Waals surface area contributed by atoms with Gasteiger partial charge in [0.25, 0.3) is 0 Å². The third kappa shape index (κ3) is 4.99. The SMILES string of the molecule is Oc1cc(-c2cnc3c(N4CC5CC[C@@H](C4)N5)cc(OCC4(CN5CCCCC5)CC4)nc3c2)c2ccccc2c1. The summed E-state index contributed by atoms with van der Waals surface area (Å²) in [5.74, 6) is 0.951. The lowest BCUT2D eigenvalue weighted by Gasteiger charge is -2.35. The molecule has 1 aliphatic carbocycles. The van der Waals surface area contributed by atoms with Gasteiger partial charge in [-0.3, -0.25) is 4.98 Å². The number of pyridine rings is 2. The molecule has 4 aromatic rings. The van der Waals surface area contributed by atoms with E-state index in [1.54, 1.807) is 0 Å². The summed E-state index contributed by atoms with van der Waals surface area (Å²) in [6.45, 7) is 6.28. The van der Waals surface area contributed by atoms with Gasteiger partial charge in [0, 0.05) is 55.0 Å². The largest absolute Gasteiger partial charge is 0.508 e. The molecule has 7 nitrogen and oxygen atoms in total. The zero-order chi connectivity index (χ0) is 27.4. The third-order valence-electron chi connectivity index (χ3n) is 9.81. The Balaban J connectivity index is 1.16. The maximum Gasteiger partial charge on any atom is 0.216 e. The number of hydrogen-bond donors (Lipinski definition) is 2. The van der Waals surface area contributed by atoms with Crippen molar-refractivity contribution >= 4 is 27.5 Å². The quantitative estimate of drug-likeness (QED) is 0.305. The van der Waals surface area contributed by atoms with Crippen molar-refractivity contribution < 1.29 is 9.84 Å². The Kier molecular flexibility index (Phi) is 6.26. The first-order chi connectivity index (χ1) is 20.1. The number of rotatable bonds is 7. The molecule has 2 aromatic heterocycles. The Hall–Kier alpha value is -3.42. The smallest absolute Gasteiger partial charge is 0.216 e. The fraction of sp³-hybridized carbons (Fsp3) is 0.471. The van der Waals surface area contributed by atoms with Crippen LogP contribution in [0.1, 0.15) is 44.9 Å². The average molecular weight is 550 g/mol. The summed E-state index contributed by atoms with van der Waals surface area (Å²) in [4.78, 5) is 15.2. The molecule has 1 unspecified atom stereocenters. The molecule has 2 bridgehead atoms. The molecule has 4 fully saturated rings. The van der Waals surface area contributed by atoms with Crippen molar-refractivity contribution in [2.24, 2.45) is 5.41 Å². The highest BCUT2D eigenvalue weighted by molar-refractivity contribution is 6.00. The summed E-state index contributed by atoms with van der Waals surface area (Å²) >= 11 is 0. The normalized spacial score (nSPS) is 23.8. The van der Waals surface area contributed by atoms with Gasteiger partial charge in [-0.25, -0.2) is 4.98 Å². The van der Waals surface area contributed by atoms with Gasteiger partial charge in [0.05, 0.1) is 17.8 Å². The van der Waals surface area contributed by atoms with Crippen LogP contribution in [0.5, 0.6) is 11.6 Å². The van der Waals surface area contributed by atoms with Crippen LogP contribution in [0.25, 0.3) is 32.9 Å². The number of piperazine rings is 1. The number of phenols is 1. The number of fused-ring (bicyclic) bond motifs is 4. The van der Waals surface area contributed by atoms with Crippen LogP contribution in [0.3, 0.4) is 0 Å². The summed E-state index contributed by atoms with van der Waals surface area (Å²) in [7, 11) is 0.